The summed E-state index contributed by atoms with van der Waals surface area (Å²) in [6.07, 6.45) is 0.533. The van der Waals surface area contributed by atoms with Crippen molar-refractivity contribution in [1.82, 2.24) is 10.3 Å². The van der Waals surface area contributed by atoms with Gasteiger partial charge in [-0.05, 0) is 32.4 Å². The molecule has 1 heterocycles. The molecule has 152 valence electrons. The van der Waals surface area contributed by atoms with E-state index in [1.165, 1.54) is 20.4 Å². The molecule has 0 saturated carbocycles. The van der Waals surface area contributed by atoms with Crippen molar-refractivity contribution < 1.29 is 33.4 Å². The molecule has 0 saturated heterocycles. The van der Waals surface area contributed by atoms with Gasteiger partial charge in [-0.1, -0.05) is 0 Å². The Kier molecular flexibility index (Phi) is 9.49. The van der Waals surface area contributed by atoms with Gasteiger partial charge in [0.25, 0.3) is 5.91 Å². The van der Waals surface area contributed by atoms with E-state index in [1.807, 2.05) is 0 Å². The van der Waals surface area contributed by atoms with Gasteiger partial charge in [0.15, 0.2) is 6.10 Å². The normalized spacial score (nSPS) is 12.5. The zero-order valence-corrected chi connectivity index (χ0v) is 16.2. The van der Waals surface area contributed by atoms with Gasteiger partial charge in [0, 0.05) is 13.5 Å². The van der Waals surface area contributed by atoms with Crippen molar-refractivity contribution >= 4 is 23.9 Å². The SMILES string of the molecule is COc1ccc([C@@H](OC)C(=O)N[C@@H](CCC(=O)C=[N+]=[N-])C(=O)OC(C)C)nc1. The number of pyridine rings is 1. The molecule has 28 heavy (non-hydrogen) atoms. The maximum atomic E-state index is 12.6. The first-order valence-corrected chi connectivity index (χ1v) is 8.56. The smallest absolute Gasteiger partial charge is 0.328 e. The van der Waals surface area contributed by atoms with E-state index in [1.54, 1.807) is 26.0 Å². The Bertz CT molecular complexity index is 728. The minimum absolute atomic E-state index is 0.0331. The van der Waals surface area contributed by atoms with Crippen molar-refractivity contribution in [2.45, 2.75) is 44.9 Å². The topological polar surface area (TPSA) is 140 Å². The van der Waals surface area contributed by atoms with Gasteiger partial charge < -0.3 is 25.1 Å². The molecule has 0 radical (unpaired) electrons. The molecular weight excluding hydrogens is 368 g/mol. The molecule has 1 N–H and O–H groups in total. The highest BCUT2D eigenvalue weighted by molar-refractivity contribution is 6.25. The third-order valence-electron chi connectivity index (χ3n) is 3.57. The number of aromatic nitrogens is 1. The van der Waals surface area contributed by atoms with E-state index in [2.05, 4.69) is 15.1 Å². The summed E-state index contributed by atoms with van der Waals surface area (Å²) in [5.41, 5.74) is 8.72. The Morgan fingerprint density at radius 1 is 1.29 bits per heavy atom. The zero-order chi connectivity index (χ0) is 21.1. The van der Waals surface area contributed by atoms with Gasteiger partial charge in [-0.2, -0.15) is 4.79 Å². The Morgan fingerprint density at radius 2 is 2.00 bits per heavy atom. The summed E-state index contributed by atoms with van der Waals surface area (Å²) in [4.78, 5) is 43.2. The van der Waals surface area contributed by atoms with Gasteiger partial charge in [0.1, 0.15) is 11.8 Å². The van der Waals surface area contributed by atoms with Crippen molar-refractivity contribution in [3.8, 4) is 5.75 Å². The molecule has 2 atom stereocenters. The number of esters is 1. The lowest BCUT2D eigenvalue weighted by Crippen LogP contribution is -2.45. The van der Waals surface area contributed by atoms with Crippen LogP contribution in [0.15, 0.2) is 18.3 Å². The minimum Gasteiger partial charge on any atom is -0.495 e. The van der Waals surface area contributed by atoms with Crippen LogP contribution in [0.3, 0.4) is 0 Å². The second kappa shape index (κ2) is 11.6. The average molecular weight is 392 g/mol. The number of amides is 1. The second-order valence-corrected chi connectivity index (χ2v) is 6.04. The van der Waals surface area contributed by atoms with Gasteiger partial charge in [-0.25, -0.2) is 4.79 Å². The maximum Gasteiger partial charge on any atom is 0.328 e. The van der Waals surface area contributed by atoms with E-state index in [9.17, 15) is 14.4 Å². The zero-order valence-electron chi connectivity index (χ0n) is 16.2. The number of hydrogen-bond acceptors (Lipinski definition) is 7. The number of methoxy groups -OCH3 is 2. The number of carbonyl (C=O) groups is 3. The molecule has 10 nitrogen and oxygen atoms in total. The molecular formula is C18H24N4O6. The summed E-state index contributed by atoms with van der Waals surface area (Å²) in [6, 6.07) is 2.11. The van der Waals surface area contributed by atoms with Crippen LogP contribution in [0.1, 0.15) is 38.5 Å². The molecule has 0 fully saturated rings. The van der Waals surface area contributed by atoms with Gasteiger partial charge in [0.2, 0.25) is 5.78 Å². The standard InChI is InChI=1S/C18H24N4O6/c1-11(2)28-18(25)15(7-5-12(23)9-21-19)22-17(24)16(27-4)14-8-6-13(26-3)10-20-14/h6,8-11,15-16H,5,7H2,1-4H3,(H,22,24)/t15-,16+/m0/s1. The fraction of sp³-hybridized carbons (Fsp3) is 0.500. The third-order valence-corrected chi connectivity index (χ3v) is 3.57. The van der Waals surface area contributed by atoms with E-state index in [0.29, 0.717) is 11.4 Å². The third kappa shape index (κ3) is 7.26. The molecule has 0 unspecified atom stereocenters. The van der Waals surface area contributed by atoms with Crippen LogP contribution in [0.25, 0.3) is 5.53 Å². The van der Waals surface area contributed by atoms with Crippen LogP contribution in [0.4, 0.5) is 0 Å². The summed E-state index contributed by atoms with van der Waals surface area (Å²) in [5.74, 6) is -1.29. The van der Waals surface area contributed by atoms with Crippen LogP contribution in [0, 0.1) is 0 Å². The highest BCUT2D eigenvalue weighted by atomic mass is 16.5. The number of carbonyl (C=O) groups excluding carboxylic acids is 3. The summed E-state index contributed by atoms with van der Waals surface area (Å²) >= 11 is 0. The molecule has 0 aliphatic carbocycles. The monoisotopic (exact) mass is 392 g/mol. The van der Waals surface area contributed by atoms with Crippen LogP contribution >= 0.6 is 0 Å². The molecule has 1 amide bonds. The van der Waals surface area contributed by atoms with Crippen molar-refractivity contribution in [1.29, 1.82) is 0 Å². The van der Waals surface area contributed by atoms with Crippen LogP contribution in [0.2, 0.25) is 0 Å². The minimum atomic E-state index is -1.08. The van der Waals surface area contributed by atoms with Gasteiger partial charge in [-0.3, -0.25) is 14.6 Å². The summed E-state index contributed by atoms with van der Waals surface area (Å²) in [6.45, 7) is 3.33. The van der Waals surface area contributed by atoms with Crippen molar-refractivity contribution in [3.05, 3.63) is 29.6 Å². The predicted octanol–water partition coefficient (Wildman–Crippen LogP) is 0.864. The predicted molar refractivity (Wildman–Crippen MR) is 97.6 cm³/mol. The molecule has 0 aromatic carbocycles. The lowest BCUT2D eigenvalue weighted by molar-refractivity contribution is -0.153. The molecule has 1 aromatic heterocycles. The van der Waals surface area contributed by atoms with E-state index >= 15 is 0 Å². The van der Waals surface area contributed by atoms with Gasteiger partial charge >= 0.3 is 12.2 Å². The summed E-state index contributed by atoms with van der Waals surface area (Å²) in [7, 11) is 2.82. The molecule has 0 aliphatic rings. The average Bonchev–Trinajstić information content (AvgIpc) is 2.65. The van der Waals surface area contributed by atoms with Crippen LogP contribution < -0.4 is 10.1 Å². The fourth-order valence-electron chi connectivity index (χ4n) is 2.26. The largest absolute Gasteiger partial charge is 0.495 e. The second-order valence-electron chi connectivity index (χ2n) is 6.04. The molecule has 0 spiro atoms. The number of nitrogens with zero attached hydrogens (tertiary/aromatic N) is 3. The molecule has 1 aromatic rings. The Labute approximate surface area is 162 Å². The summed E-state index contributed by atoms with van der Waals surface area (Å²) in [5, 5.41) is 2.53. The van der Waals surface area contributed by atoms with E-state index < -0.39 is 35.9 Å². The Hall–Kier alpha value is -3.10. The Morgan fingerprint density at radius 3 is 2.50 bits per heavy atom. The van der Waals surface area contributed by atoms with E-state index in [4.69, 9.17) is 19.7 Å². The van der Waals surface area contributed by atoms with E-state index in [-0.39, 0.29) is 12.8 Å². The number of nitrogens with one attached hydrogen (secondary N) is 1. The number of ketones is 1. The molecule has 10 heteroatoms. The first-order valence-electron chi connectivity index (χ1n) is 8.56. The summed E-state index contributed by atoms with van der Waals surface area (Å²) < 4.78 is 15.4. The van der Waals surface area contributed by atoms with Crippen LogP contribution in [0.5, 0.6) is 5.75 Å². The lowest BCUT2D eigenvalue weighted by Gasteiger charge is -2.21. The van der Waals surface area contributed by atoms with Crippen molar-refractivity contribution in [3.63, 3.8) is 0 Å². The molecule has 0 bridgehead atoms. The first-order chi connectivity index (χ1) is 13.3. The highest BCUT2D eigenvalue weighted by Gasteiger charge is 2.29. The van der Waals surface area contributed by atoms with Crippen LogP contribution in [-0.2, 0) is 23.9 Å². The van der Waals surface area contributed by atoms with Crippen molar-refractivity contribution in [2.24, 2.45) is 0 Å². The maximum absolute atomic E-state index is 12.6. The van der Waals surface area contributed by atoms with Gasteiger partial charge in [-0.15, -0.1) is 0 Å². The highest BCUT2D eigenvalue weighted by Crippen LogP contribution is 2.18. The Balaban J connectivity index is 2.92. The first kappa shape index (κ1) is 22.9. The quantitative estimate of drug-likeness (QED) is 0.255. The van der Waals surface area contributed by atoms with Gasteiger partial charge in [0.05, 0.1) is 25.1 Å². The van der Waals surface area contributed by atoms with Crippen LogP contribution in [-0.4, -0.2) is 60.0 Å². The number of Topliss-reactive ketones (excluding diaryl/α,β-unsaturated/α-hetero) is 1. The number of ether oxygens (including phenoxy) is 3. The number of rotatable bonds is 11. The number of hydrogen-bond donors (Lipinski definition) is 1. The molecule has 0 aliphatic heterocycles. The fourth-order valence-corrected chi connectivity index (χ4v) is 2.26. The van der Waals surface area contributed by atoms with Crippen molar-refractivity contribution in [2.75, 3.05) is 14.2 Å². The molecule has 1 rings (SSSR count). The van der Waals surface area contributed by atoms with E-state index in [0.717, 1.165) is 6.21 Å². The lowest BCUT2D eigenvalue weighted by atomic mass is 10.1.